The van der Waals surface area contributed by atoms with E-state index >= 15 is 0 Å². The van der Waals surface area contributed by atoms with Crippen molar-refractivity contribution in [2.45, 2.75) is 26.7 Å². The lowest BCUT2D eigenvalue weighted by Crippen LogP contribution is -2.26. The van der Waals surface area contributed by atoms with Crippen LogP contribution in [0, 0.1) is 11.3 Å². The summed E-state index contributed by atoms with van der Waals surface area (Å²) < 4.78 is 0. The van der Waals surface area contributed by atoms with Gasteiger partial charge >= 0.3 is 5.97 Å². The summed E-state index contributed by atoms with van der Waals surface area (Å²) in [5.74, 6) is -0.567. The van der Waals surface area contributed by atoms with Crippen LogP contribution >= 0.6 is 0 Å². The van der Waals surface area contributed by atoms with E-state index in [4.69, 9.17) is 5.11 Å². The molecule has 2 atom stereocenters. The third kappa shape index (κ3) is 1.41. The number of carboxylic acids is 1. The Kier molecular flexibility index (Phi) is 2.33. The van der Waals surface area contributed by atoms with Crippen molar-refractivity contribution in [2.24, 2.45) is 11.3 Å². The summed E-state index contributed by atoms with van der Waals surface area (Å²) in [5.41, 5.74) is 1.10. The van der Waals surface area contributed by atoms with Crippen LogP contribution in [0.5, 0.6) is 0 Å². The molecule has 72 valence electrons. The highest BCUT2D eigenvalue weighted by Crippen LogP contribution is 2.47. The van der Waals surface area contributed by atoms with E-state index in [0.29, 0.717) is 6.42 Å². The molecular formula is C11H16O2. The average molecular weight is 180 g/mol. The standard InChI is InChI=1S/C11H16O2/c1-7(2)9-5-6-11(4,8(9)3)10(12)13/h9H,1,3,5-6H2,2,4H3,(H,12,13). The largest absolute Gasteiger partial charge is 0.481 e. The van der Waals surface area contributed by atoms with Gasteiger partial charge in [0.2, 0.25) is 0 Å². The van der Waals surface area contributed by atoms with Crippen LogP contribution < -0.4 is 0 Å². The van der Waals surface area contributed by atoms with Crippen molar-refractivity contribution >= 4 is 5.97 Å². The predicted molar refractivity (Wildman–Crippen MR) is 52.4 cm³/mol. The Labute approximate surface area is 79.0 Å². The monoisotopic (exact) mass is 180 g/mol. The van der Waals surface area contributed by atoms with Crippen LogP contribution in [-0.4, -0.2) is 11.1 Å². The highest BCUT2D eigenvalue weighted by Gasteiger charge is 2.44. The highest BCUT2D eigenvalue weighted by molar-refractivity contribution is 5.79. The molecule has 1 rings (SSSR count). The van der Waals surface area contributed by atoms with E-state index < -0.39 is 11.4 Å². The van der Waals surface area contributed by atoms with E-state index in [2.05, 4.69) is 13.2 Å². The maximum Gasteiger partial charge on any atom is 0.313 e. The maximum absolute atomic E-state index is 11.0. The number of allylic oxidation sites excluding steroid dienone is 1. The predicted octanol–water partition coefficient (Wildman–Crippen LogP) is 2.62. The molecule has 0 saturated heterocycles. The first-order chi connectivity index (χ1) is 5.89. The zero-order valence-corrected chi connectivity index (χ0v) is 8.26. The Balaban J connectivity index is 2.94. The summed E-state index contributed by atoms with van der Waals surface area (Å²) >= 11 is 0. The first kappa shape index (κ1) is 10.0. The molecule has 1 aliphatic carbocycles. The zero-order valence-electron chi connectivity index (χ0n) is 8.26. The molecule has 13 heavy (non-hydrogen) atoms. The molecule has 0 aromatic rings. The van der Waals surface area contributed by atoms with Crippen molar-refractivity contribution in [3.63, 3.8) is 0 Å². The van der Waals surface area contributed by atoms with Crippen LogP contribution in [0.3, 0.4) is 0 Å². The van der Waals surface area contributed by atoms with Gasteiger partial charge < -0.3 is 5.11 Å². The van der Waals surface area contributed by atoms with E-state index in [9.17, 15) is 4.79 Å². The molecule has 0 spiro atoms. The normalized spacial score (nSPS) is 33.4. The summed E-state index contributed by atoms with van der Waals surface area (Å²) in [6.07, 6.45) is 1.55. The average Bonchev–Trinajstić information content (AvgIpc) is 2.30. The van der Waals surface area contributed by atoms with Crippen molar-refractivity contribution in [2.75, 3.05) is 0 Å². The van der Waals surface area contributed by atoms with Gasteiger partial charge in [-0.25, -0.2) is 0 Å². The molecule has 2 heteroatoms. The fraction of sp³-hybridized carbons (Fsp3) is 0.545. The molecule has 0 radical (unpaired) electrons. The maximum atomic E-state index is 11.0. The Morgan fingerprint density at radius 1 is 1.69 bits per heavy atom. The molecule has 0 aromatic carbocycles. The van der Waals surface area contributed by atoms with Gasteiger partial charge in [0.05, 0.1) is 5.41 Å². The first-order valence-corrected chi connectivity index (χ1v) is 4.47. The van der Waals surface area contributed by atoms with Gasteiger partial charge in [0.25, 0.3) is 0 Å². The fourth-order valence-electron chi connectivity index (χ4n) is 1.94. The van der Waals surface area contributed by atoms with Gasteiger partial charge in [-0.1, -0.05) is 24.3 Å². The van der Waals surface area contributed by atoms with Crippen molar-refractivity contribution in [3.05, 3.63) is 24.3 Å². The lowest BCUT2D eigenvalue weighted by Gasteiger charge is -2.21. The quantitative estimate of drug-likeness (QED) is 0.663. The smallest absolute Gasteiger partial charge is 0.313 e. The first-order valence-electron chi connectivity index (χ1n) is 4.47. The number of hydrogen-bond donors (Lipinski definition) is 1. The molecule has 2 nitrogen and oxygen atoms in total. The molecular weight excluding hydrogens is 164 g/mol. The van der Waals surface area contributed by atoms with Gasteiger partial charge in [-0.2, -0.15) is 0 Å². The molecule has 2 unspecified atom stereocenters. The molecule has 1 N–H and O–H groups in total. The second kappa shape index (κ2) is 3.02. The van der Waals surface area contributed by atoms with Crippen LogP contribution in [0.25, 0.3) is 0 Å². The number of rotatable bonds is 2. The summed E-state index contributed by atoms with van der Waals surface area (Å²) in [6, 6.07) is 0. The van der Waals surface area contributed by atoms with Crippen LogP contribution in [0.4, 0.5) is 0 Å². The number of carboxylic acid groups (broad SMARTS) is 1. The minimum Gasteiger partial charge on any atom is -0.481 e. The minimum atomic E-state index is -0.763. The topological polar surface area (TPSA) is 37.3 Å². The van der Waals surface area contributed by atoms with Crippen molar-refractivity contribution in [1.82, 2.24) is 0 Å². The number of carbonyl (C=O) groups is 1. The van der Waals surface area contributed by atoms with Crippen molar-refractivity contribution < 1.29 is 9.90 Å². The zero-order chi connectivity index (χ0) is 10.2. The fourth-order valence-corrected chi connectivity index (χ4v) is 1.94. The van der Waals surface area contributed by atoms with E-state index in [1.165, 1.54) is 0 Å². The second-order valence-electron chi connectivity index (χ2n) is 4.10. The SMILES string of the molecule is C=C(C)C1CCC(C)(C(=O)O)C1=C. The molecule has 1 fully saturated rings. The van der Waals surface area contributed by atoms with E-state index in [1.54, 1.807) is 6.92 Å². The minimum absolute atomic E-state index is 0.195. The van der Waals surface area contributed by atoms with E-state index in [1.807, 2.05) is 6.92 Å². The molecule has 0 aliphatic heterocycles. The van der Waals surface area contributed by atoms with Gasteiger partial charge in [0.15, 0.2) is 0 Å². The third-order valence-corrected chi connectivity index (χ3v) is 3.13. The van der Waals surface area contributed by atoms with E-state index in [0.717, 1.165) is 17.6 Å². The summed E-state index contributed by atoms with van der Waals surface area (Å²) in [5, 5.41) is 9.05. The molecule has 1 saturated carbocycles. The number of aliphatic carboxylic acids is 1. The van der Waals surface area contributed by atoms with Gasteiger partial charge in [-0.05, 0) is 26.7 Å². The van der Waals surface area contributed by atoms with Gasteiger partial charge in [-0.3, -0.25) is 4.79 Å². The number of hydrogen-bond acceptors (Lipinski definition) is 1. The molecule has 0 amide bonds. The molecule has 1 aliphatic rings. The third-order valence-electron chi connectivity index (χ3n) is 3.13. The summed E-state index contributed by atoms with van der Waals surface area (Å²) in [7, 11) is 0. The van der Waals surface area contributed by atoms with Crippen LogP contribution in [0.1, 0.15) is 26.7 Å². The molecule has 0 aromatic heterocycles. The molecule has 0 bridgehead atoms. The van der Waals surface area contributed by atoms with E-state index in [-0.39, 0.29) is 5.92 Å². The highest BCUT2D eigenvalue weighted by atomic mass is 16.4. The second-order valence-corrected chi connectivity index (χ2v) is 4.10. The summed E-state index contributed by atoms with van der Waals surface area (Å²) in [6.45, 7) is 11.4. The lowest BCUT2D eigenvalue weighted by molar-refractivity contribution is -0.145. The Bertz CT molecular complexity index is 278. The van der Waals surface area contributed by atoms with Gasteiger partial charge in [-0.15, -0.1) is 0 Å². The van der Waals surface area contributed by atoms with Crippen LogP contribution in [-0.2, 0) is 4.79 Å². The summed E-state index contributed by atoms with van der Waals surface area (Å²) in [4.78, 5) is 11.0. The van der Waals surface area contributed by atoms with Gasteiger partial charge in [0.1, 0.15) is 0 Å². The van der Waals surface area contributed by atoms with Crippen LogP contribution in [0.15, 0.2) is 24.3 Å². The Morgan fingerprint density at radius 3 is 2.46 bits per heavy atom. The van der Waals surface area contributed by atoms with Gasteiger partial charge in [0, 0.05) is 5.92 Å². The van der Waals surface area contributed by atoms with Crippen LogP contribution in [0.2, 0.25) is 0 Å². The van der Waals surface area contributed by atoms with Crippen molar-refractivity contribution in [1.29, 1.82) is 0 Å². The molecule has 0 heterocycles. The Hall–Kier alpha value is -1.05. The van der Waals surface area contributed by atoms with Crippen molar-refractivity contribution in [3.8, 4) is 0 Å². The Morgan fingerprint density at radius 2 is 2.23 bits per heavy atom. The lowest BCUT2D eigenvalue weighted by atomic mass is 9.82.